The second-order valence-corrected chi connectivity index (χ2v) is 18.2. The molecule has 0 spiro atoms. The SMILES string of the molecule is CO[C@H]1O[C@H](COCc2ccccc2)[C@@H](OC2O[C@H]([C@@H](COCc3ccccc3)OCc3ccccc3)[C@H](OCc3ccccc3)[C@@H]2OCc2ccccc2)[C@H](OCc2ccccc2)[C@H]1OCc1ccccc1. The molecule has 11 nitrogen and oxygen atoms in total. The molecule has 2 fully saturated rings. The quantitative estimate of drug-likeness (QED) is 0.0492. The van der Waals surface area contributed by atoms with Crippen LogP contribution in [0.15, 0.2) is 212 Å². The van der Waals surface area contributed by atoms with Crippen molar-refractivity contribution < 1.29 is 52.1 Å². The third kappa shape index (κ3) is 15.3. The van der Waals surface area contributed by atoms with Crippen LogP contribution in [0.4, 0.5) is 0 Å². The summed E-state index contributed by atoms with van der Waals surface area (Å²) in [7, 11) is 1.61. The van der Waals surface area contributed by atoms with E-state index in [1.54, 1.807) is 7.11 Å². The van der Waals surface area contributed by atoms with Gasteiger partial charge < -0.3 is 52.1 Å². The fourth-order valence-electron chi connectivity index (χ4n) is 9.13. The predicted octanol–water partition coefficient (Wildman–Crippen LogP) is 10.8. The van der Waals surface area contributed by atoms with E-state index in [0.717, 1.165) is 38.9 Å². The predicted molar refractivity (Wildman–Crippen MR) is 276 cm³/mol. The molecule has 73 heavy (non-hydrogen) atoms. The molecular weight excluding hydrogens is 921 g/mol. The van der Waals surface area contributed by atoms with E-state index in [9.17, 15) is 0 Å². The van der Waals surface area contributed by atoms with E-state index in [1.165, 1.54) is 0 Å². The first-order valence-corrected chi connectivity index (χ1v) is 25.2. The summed E-state index contributed by atoms with van der Waals surface area (Å²) in [5, 5.41) is 0. The monoisotopic (exact) mass is 986 g/mol. The minimum atomic E-state index is -1.05. The highest BCUT2D eigenvalue weighted by Gasteiger charge is 2.55. The Balaban J connectivity index is 1.09. The molecule has 0 amide bonds. The van der Waals surface area contributed by atoms with E-state index in [0.29, 0.717) is 19.8 Å². The molecule has 2 aliphatic rings. The van der Waals surface area contributed by atoms with Crippen molar-refractivity contribution >= 4 is 0 Å². The van der Waals surface area contributed by atoms with Gasteiger partial charge in [-0.15, -0.1) is 0 Å². The van der Waals surface area contributed by atoms with Crippen LogP contribution in [0.25, 0.3) is 0 Å². The minimum absolute atomic E-state index is 0.131. The van der Waals surface area contributed by atoms with E-state index in [1.807, 2.05) is 212 Å². The molecule has 0 bridgehead atoms. The van der Waals surface area contributed by atoms with Crippen LogP contribution >= 0.6 is 0 Å². The van der Waals surface area contributed by atoms with Gasteiger partial charge >= 0.3 is 0 Å². The van der Waals surface area contributed by atoms with Gasteiger partial charge in [0, 0.05) is 7.11 Å². The lowest BCUT2D eigenvalue weighted by Gasteiger charge is -2.46. The zero-order chi connectivity index (χ0) is 49.7. The van der Waals surface area contributed by atoms with Crippen molar-refractivity contribution in [3.63, 3.8) is 0 Å². The summed E-state index contributed by atoms with van der Waals surface area (Å²) < 4.78 is 75.5. The Morgan fingerprint density at radius 3 is 1.14 bits per heavy atom. The van der Waals surface area contributed by atoms with Crippen LogP contribution < -0.4 is 0 Å². The van der Waals surface area contributed by atoms with Crippen molar-refractivity contribution in [3.05, 3.63) is 251 Å². The van der Waals surface area contributed by atoms with Gasteiger partial charge in [0.05, 0.1) is 59.5 Å². The van der Waals surface area contributed by atoms with Gasteiger partial charge in [0.2, 0.25) is 0 Å². The Labute approximate surface area is 429 Å². The van der Waals surface area contributed by atoms with Crippen molar-refractivity contribution in [2.24, 2.45) is 0 Å². The van der Waals surface area contributed by atoms with Gasteiger partial charge in [0.1, 0.15) is 48.8 Å². The molecule has 7 aromatic rings. The fraction of sp³-hybridized carbons (Fsp3) is 0.323. The normalized spacial score (nSPS) is 23.3. The van der Waals surface area contributed by atoms with Crippen molar-refractivity contribution in [2.75, 3.05) is 20.3 Å². The number of ether oxygens (including phenoxy) is 11. The molecule has 0 aliphatic carbocycles. The maximum Gasteiger partial charge on any atom is 0.187 e. The Kier molecular flexibility index (Phi) is 19.9. The maximum absolute atomic E-state index is 7.46. The molecule has 9 rings (SSSR count). The highest BCUT2D eigenvalue weighted by atomic mass is 16.8. The van der Waals surface area contributed by atoms with Crippen molar-refractivity contribution in [1.82, 2.24) is 0 Å². The highest BCUT2D eigenvalue weighted by molar-refractivity contribution is 5.19. The van der Waals surface area contributed by atoms with Gasteiger partial charge in [-0.3, -0.25) is 0 Å². The van der Waals surface area contributed by atoms with Gasteiger partial charge in [-0.1, -0.05) is 212 Å². The van der Waals surface area contributed by atoms with Crippen LogP contribution in [0.5, 0.6) is 0 Å². The van der Waals surface area contributed by atoms with Crippen LogP contribution in [0, 0.1) is 0 Å². The lowest BCUT2D eigenvalue weighted by atomic mass is 9.97. The summed E-state index contributed by atoms with van der Waals surface area (Å²) in [6.07, 6.45) is -7.91. The Bertz CT molecular complexity index is 2560. The first kappa shape index (κ1) is 52.0. The smallest absolute Gasteiger partial charge is 0.187 e. The summed E-state index contributed by atoms with van der Waals surface area (Å²) >= 11 is 0. The maximum atomic E-state index is 7.46. The molecule has 0 N–H and O–H groups in total. The van der Waals surface area contributed by atoms with E-state index < -0.39 is 61.4 Å². The second kappa shape index (κ2) is 28.0. The number of rotatable bonds is 27. The topological polar surface area (TPSA) is 102 Å². The number of hydrogen-bond acceptors (Lipinski definition) is 11. The third-order valence-corrected chi connectivity index (χ3v) is 12.9. The van der Waals surface area contributed by atoms with Gasteiger partial charge in [-0.2, -0.15) is 0 Å². The molecule has 7 aromatic carbocycles. The molecular formula is C62H66O11. The summed E-state index contributed by atoms with van der Waals surface area (Å²) in [5.74, 6) is 0. The molecule has 0 aromatic heterocycles. The Hall–Kier alpha value is -5.90. The van der Waals surface area contributed by atoms with Crippen molar-refractivity contribution in [1.29, 1.82) is 0 Å². The molecule has 0 radical (unpaired) electrons. The average molecular weight is 987 g/mol. The van der Waals surface area contributed by atoms with Gasteiger partial charge in [0.15, 0.2) is 12.6 Å². The van der Waals surface area contributed by atoms with Crippen LogP contribution in [0.3, 0.4) is 0 Å². The molecule has 0 saturated carbocycles. The molecule has 2 saturated heterocycles. The molecule has 2 heterocycles. The fourth-order valence-corrected chi connectivity index (χ4v) is 9.13. The first-order chi connectivity index (χ1) is 36.2. The zero-order valence-corrected chi connectivity index (χ0v) is 41.3. The van der Waals surface area contributed by atoms with Crippen molar-refractivity contribution in [3.8, 4) is 0 Å². The van der Waals surface area contributed by atoms with Crippen LogP contribution in [0.2, 0.25) is 0 Å². The van der Waals surface area contributed by atoms with Gasteiger partial charge in [-0.05, 0) is 38.9 Å². The van der Waals surface area contributed by atoms with Crippen LogP contribution in [0.1, 0.15) is 38.9 Å². The van der Waals surface area contributed by atoms with E-state index in [4.69, 9.17) is 52.1 Å². The number of benzene rings is 7. The largest absolute Gasteiger partial charge is 0.374 e. The Morgan fingerprint density at radius 1 is 0.356 bits per heavy atom. The molecule has 10 atom stereocenters. The lowest BCUT2D eigenvalue weighted by Crippen LogP contribution is -2.62. The van der Waals surface area contributed by atoms with E-state index in [-0.39, 0.29) is 39.6 Å². The average Bonchev–Trinajstić information content (AvgIpc) is 3.79. The summed E-state index contributed by atoms with van der Waals surface area (Å²) in [4.78, 5) is 0. The summed E-state index contributed by atoms with van der Waals surface area (Å²) in [6.45, 7) is 2.39. The zero-order valence-electron chi connectivity index (χ0n) is 41.3. The highest BCUT2D eigenvalue weighted by Crippen LogP contribution is 2.38. The summed E-state index contributed by atoms with van der Waals surface area (Å²) in [5.41, 5.74) is 6.99. The number of methoxy groups -OCH3 is 1. The first-order valence-electron chi connectivity index (χ1n) is 25.2. The third-order valence-electron chi connectivity index (χ3n) is 12.9. The standard InChI is InChI=1S/C62H66O11/c1-63-61-59(69-42-51-33-19-7-20-34-51)58(68-41-50-31-17-6-18-32-50)56(54(71-61)45-65-38-47-25-11-3-12-26-47)73-62-60(70-43-52-35-21-8-22-36-52)57(67-40-49-29-15-5-16-30-49)55(72-62)53(66-39-48-27-13-4-14-28-48)44-64-37-46-23-9-2-10-24-46/h2-36,53-62H,37-45H2,1H3/t53-,54-,55-,56-,57+,58+,59-,60+,61+,62?/m1/s1. The van der Waals surface area contributed by atoms with Gasteiger partial charge in [-0.25, -0.2) is 0 Å². The molecule has 11 heteroatoms. The molecule has 1 unspecified atom stereocenters. The summed E-state index contributed by atoms with van der Waals surface area (Å²) in [6, 6.07) is 70.4. The van der Waals surface area contributed by atoms with Gasteiger partial charge in [0.25, 0.3) is 0 Å². The van der Waals surface area contributed by atoms with Crippen molar-refractivity contribution in [2.45, 2.75) is 108 Å². The Morgan fingerprint density at radius 2 is 0.712 bits per heavy atom. The number of hydrogen-bond donors (Lipinski definition) is 0. The molecule has 2 aliphatic heterocycles. The lowest BCUT2D eigenvalue weighted by molar-refractivity contribution is -0.344. The van der Waals surface area contributed by atoms with Crippen LogP contribution in [-0.4, -0.2) is 81.7 Å². The second-order valence-electron chi connectivity index (χ2n) is 18.2. The van der Waals surface area contributed by atoms with Crippen LogP contribution in [-0.2, 0) is 98.4 Å². The van der Waals surface area contributed by atoms with E-state index in [2.05, 4.69) is 0 Å². The molecule has 380 valence electrons. The minimum Gasteiger partial charge on any atom is -0.374 e. The van der Waals surface area contributed by atoms with E-state index >= 15 is 0 Å².